The summed E-state index contributed by atoms with van der Waals surface area (Å²) in [5.74, 6) is 0. The summed E-state index contributed by atoms with van der Waals surface area (Å²) in [6.45, 7) is 0.658. The summed E-state index contributed by atoms with van der Waals surface area (Å²) >= 11 is 0. The Morgan fingerprint density at radius 2 is 2.71 bits per heavy atom. The van der Waals surface area contributed by atoms with Crippen molar-refractivity contribution in [3.05, 3.63) is 6.42 Å². The van der Waals surface area contributed by atoms with Gasteiger partial charge in [-0.3, -0.25) is 0 Å². The Morgan fingerprint density at radius 1 is 1.86 bits per heavy atom. The van der Waals surface area contributed by atoms with E-state index in [-0.39, 0.29) is 12.7 Å². The summed E-state index contributed by atoms with van der Waals surface area (Å²) in [4.78, 5) is 0. The van der Waals surface area contributed by atoms with Gasteiger partial charge in [0.15, 0.2) is 0 Å². The first-order chi connectivity index (χ1) is 3.43. The van der Waals surface area contributed by atoms with Gasteiger partial charge in [-0.2, -0.15) is 0 Å². The molecule has 0 unspecified atom stereocenters. The molecular formula is C5H9FN. The minimum absolute atomic E-state index is 0.125. The number of alkyl halides is 1. The second-order valence-corrected chi connectivity index (χ2v) is 1.78. The van der Waals surface area contributed by atoms with Gasteiger partial charge < -0.3 is 5.32 Å². The Morgan fingerprint density at radius 3 is 3.00 bits per heavy atom. The molecular weight excluding hydrogens is 93.1 g/mol. The molecule has 1 aliphatic rings. The van der Waals surface area contributed by atoms with Crippen molar-refractivity contribution in [2.45, 2.75) is 12.5 Å². The molecule has 0 aromatic carbocycles. The maximum atomic E-state index is 11.6. The smallest absolute Gasteiger partial charge is 0.105 e. The molecule has 0 aromatic heterocycles. The summed E-state index contributed by atoms with van der Waals surface area (Å²) in [5.41, 5.74) is 0. The summed E-state index contributed by atoms with van der Waals surface area (Å²) in [7, 11) is 0. The second kappa shape index (κ2) is 2.26. The van der Waals surface area contributed by atoms with E-state index in [1.165, 1.54) is 0 Å². The van der Waals surface area contributed by atoms with Crippen LogP contribution in [0.15, 0.2) is 0 Å². The first-order valence-electron chi connectivity index (χ1n) is 2.54. The van der Waals surface area contributed by atoms with Crippen LogP contribution < -0.4 is 5.32 Å². The van der Waals surface area contributed by atoms with Crippen LogP contribution in [0.25, 0.3) is 0 Å². The zero-order valence-corrected chi connectivity index (χ0v) is 4.15. The van der Waals surface area contributed by atoms with Gasteiger partial charge >= 0.3 is 0 Å². The topological polar surface area (TPSA) is 12.0 Å². The molecule has 1 heterocycles. The highest BCUT2D eigenvalue weighted by Crippen LogP contribution is 2.02. The van der Waals surface area contributed by atoms with Crippen molar-refractivity contribution in [1.82, 2.24) is 5.32 Å². The summed E-state index contributed by atoms with van der Waals surface area (Å²) in [5, 5.41) is 2.98. The van der Waals surface area contributed by atoms with Gasteiger partial charge in [-0.05, 0) is 19.4 Å². The van der Waals surface area contributed by atoms with Crippen molar-refractivity contribution in [2.24, 2.45) is 0 Å². The quantitative estimate of drug-likeness (QED) is 0.509. The predicted molar refractivity (Wildman–Crippen MR) is 26.7 cm³/mol. The molecule has 1 aliphatic heterocycles. The van der Waals surface area contributed by atoms with Gasteiger partial charge in [-0.15, -0.1) is 0 Å². The Kier molecular flexibility index (Phi) is 1.63. The van der Waals surface area contributed by atoms with Crippen molar-refractivity contribution in [3.8, 4) is 0 Å². The van der Waals surface area contributed by atoms with E-state index in [2.05, 4.69) is 11.7 Å². The van der Waals surface area contributed by atoms with Crippen LogP contribution in [-0.2, 0) is 0 Å². The molecule has 2 heteroatoms. The van der Waals surface area contributed by atoms with E-state index in [9.17, 15) is 4.39 Å². The molecule has 1 nitrogen and oxygen atoms in total. The Hall–Kier alpha value is -0.110. The van der Waals surface area contributed by atoms with E-state index in [4.69, 9.17) is 0 Å². The SMILES string of the molecule is FC[C@H]1C[CH]CN1. The lowest BCUT2D eigenvalue weighted by Gasteiger charge is -1.99. The Bertz CT molecular complexity index is 50.0. The van der Waals surface area contributed by atoms with Crippen LogP contribution in [0.5, 0.6) is 0 Å². The third-order valence-corrected chi connectivity index (χ3v) is 1.19. The molecule has 1 atom stereocenters. The van der Waals surface area contributed by atoms with Gasteiger partial charge in [0.2, 0.25) is 0 Å². The highest BCUT2D eigenvalue weighted by molar-refractivity contribution is 4.85. The summed E-state index contributed by atoms with van der Waals surface area (Å²) < 4.78 is 11.6. The average molecular weight is 102 g/mol. The van der Waals surface area contributed by atoms with E-state index in [1.807, 2.05) is 0 Å². The maximum absolute atomic E-state index is 11.6. The van der Waals surface area contributed by atoms with Gasteiger partial charge in [0.05, 0.1) is 0 Å². The summed E-state index contributed by atoms with van der Waals surface area (Å²) in [6, 6.07) is 0.125. The van der Waals surface area contributed by atoms with E-state index in [0.29, 0.717) is 0 Å². The highest BCUT2D eigenvalue weighted by atomic mass is 19.1. The molecule has 1 rings (SSSR count). The van der Waals surface area contributed by atoms with Crippen LogP contribution in [-0.4, -0.2) is 19.3 Å². The fourth-order valence-electron chi connectivity index (χ4n) is 0.735. The standard InChI is InChI=1S/C5H9FN/c6-4-5-2-1-3-7-5/h1,5,7H,2-4H2/t5-/m1/s1. The van der Waals surface area contributed by atoms with Gasteiger partial charge in [0.1, 0.15) is 6.67 Å². The highest BCUT2D eigenvalue weighted by Gasteiger charge is 2.12. The van der Waals surface area contributed by atoms with Crippen LogP contribution in [0, 0.1) is 6.42 Å². The molecule has 0 saturated carbocycles. The first-order valence-corrected chi connectivity index (χ1v) is 2.54. The van der Waals surface area contributed by atoms with Crippen LogP contribution in [0.1, 0.15) is 6.42 Å². The van der Waals surface area contributed by atoms with Crippen LogP contribution in [0.2, 0.25) is 0 Å². The van der Waals surface area contributed by atoms with Gasteiger partial charge in [-0.25, -0.2) is 4.39 Å². The third kappa shape index (κ3) is 1.13. The maximum Gasteiger partial charge on any atom is 0.105 e. The molecule has 0 amide bonds. The Balaban J connectivity index is 2.14. The summed E-state index contributed by atoms with van der Waals surface area (Å²) in [6.07, 6.45) is 2.96. The molecule has 1 saturated heterocycles. The number of hydrogen-bond acceptors (Lipinski definition) is 1. The molecule has 1 fully saturated rings. The Labute approximate surface area is 42.9 Å². The lowest BCUT2D eigenvalue weighted by Crippen LogP contribution is -2.22. The molecule has 41 valence electrons. The third-order valence-electron chi connectivity index (χ3n) is 1.19. The number of hydrogen-bond donors (Lipinski definition) is 1. The molecule has 0 bridgehead atoms. The van der Waals surface area contributed by atoms with Crippen molar-refractivity contribution in [1.29, 1.82) is 0 Å². The van der Waals surface area contributed by atoms with E-state index >= 15 is 0 Å². The molecule has 1 radical (unpaired) electrons. The number of halogens is 1. The lowest BCUT2D eigenvalue weighted by atomic mass is 10.2. The molecule has 1 N–H and O–H groups in total. The zero-order chi connectivity index (χ0) is 5.11. The molecule has 0 aromatic rings. The fourth-order valence-corrected chi connectivity index (χ4v) is 0.735. The van der Waals surface area contributed by atoms with E-state index in [1.54, 1.807) is 0 Å². The fraction of sp³-hybridized carbons (Fsp3) is 0.800. The largest absolute Gasteiger partial charge is 0.311 e. The zero-order valence-electron chi connectivity index (χ0n) is 4.15. The lowest BCUT2D eigenvalue weighted by molar-refractivity contribution is 0.407. The van der Waals surface area contributed by atoms with Crippen molar-refractivity contribution >= 4 is 0 Å². The van der Waals surface area contributed by atoms with E-state index < -0.39 is 0 Å². The van der Waals surface area contributed by atoms with Gasteiger partial charge in [-0.1, -0.05) is 0 Å². The number of nitrogens with one attached hydrogen (secondary N) is 1. The van der Waals surface area contributed by atoms with Crippen LogP contribution >= 0.6 is 0 Å². The van der Waals surface area contributed by atoms with Crippen molar-refractivity contribution in [3.63, 3.8) is 0 Å². The minimum atomic E-state index is -0.226. The normalized spacial score (nSPS) is 31.3. The predicted octanol–water partition coefficient (Wildman–Crippen LogP) is 0.522. The minimum Gasteiger partial charge on any atom is -0.311 e. The van der Waals surface area contributed by atoms with Gasteiger partial charge in [0.25, 0.3) is 0 Å². The first kappa shape index (κ1) is 5.04. The molecule has 0 aliphatic carbocycles. The van der Waals surface area contributed by atoms with Gasteiger partial charge in [0, 0.05) is 6.04 Å². The number of rotatable bonds is 1. The molecule has 7 heavy (non-hydrogen) atoms. The van der Waals surface area contributed by atoms with Crippen LogP contribution in [0.4, 0.5) is 4.39 Å². The van der Waals surface area contributed by atoms with Crippen LogP contribution in [0.3, 0.4) is 0 Å². The average Bonchev–Trinajstić information content (AvgIpc) is 2.14. The van der Waals surface area contributed by atoms with Crippen molar-refractivity contribution < 1.29 is 4.39 Å². The monoisotopic (exact) mass is 102 g/mol. The second-order valence-electron chi connectivity index (χ2n) is 1.78. The van der Waals surface area contributed by atoms with E-state index in [0.717, 1.165) is 13.0 Å². The van der Waals surface area contributed by atoms with Crippen molar-refractivity contribution in [2.75, 3.05) is 13.2 Å². The molecule has 0 spiro atoms.